The van der Waals surface area contributed by atoms with E-state index in [1.807, 2.05) is 25.1 Å². The van der Waals surface area contributed by atoms with Crippen molar-refractivity contribution in [1.82, 2.24) is 15.2 Å². The number of aromatic nitrogens is 3. The molecule has 0 unspecified atom stereocenters. The van der Waals surface area contributed by atoms with Crippen LogP contribution in [0, 0.1) is 18.6 Å². The van der Waals surface area contributed by atoms with E-state index in [2.05, 4.69) is 15.2 Å². The summed E-state index contributed by atoms with van der Waals surface area (Å²) in [7, 11) is 0. The molecule has 0 N–H and O–H groups in total. The van der Waals surface area contributed by atoms with Gasteiger partial charge < -0.3 is 0 Å². The molecule has 0 atom stereocenters. The number of halogens is 2. The highest BCUT2D eigenvalue weighted by atomic mass is 32.2. The van der Waals surface area contributed by atoms with Crippen LogP contribution >= 0.6 is 23.1 Å². The van der Waals surface area contributed by atoms with Gasteiger partial charge >= 0.3 is 0 Å². The lowest BCUT2D eigenvalue weighted by Gasteiger charge is -2.03. The molecule has 0 saturated carbocycles. The lowest BCUT2D eigenvalue weighted by Crippen LogP contribution is -1.91. The van der Waals surface area contributed by atoms with Crippen LogP contribution in [0.2, 0.25) is 0 Å². The molecule has 0 saturated heterocycles. The predicted octanol–water partition coefficient (Wildman–Crippen LogP) is 6.15. The molecule has 2 aromatic carbocycles. The Hall–Kier alpha value is -2.64. The lowest BCUT2D eigenvalue weighted by molar-refractivity contribution is 0.617. The van der Waals surface area contributed by atoms with Crippen molar-refractivity contribution in [3.05, 3.63) is 83.6 Å². The molecule has 0 bridgehead atoms. The zero-order chi connectivity index (χ0) is 19.5. The molecule has 2 aromatic heterocycles. The molecule has 2 heterocycles. The molecule has 0 aliphatic rings. The summed E-state index contributed by atoms with van der Waals surface area (Å²) in [6.45, 7) is 1.92. The van der Waals surface area contributed by atoms with Crippen molar-refractivity contribution in [2.24, 2.45) is 0 Å². The van der Waals surface area contributed by atoms with Gasteiger partial charge in [0, 0.05) is 11.3 Å². The Morgan fingerprint density at radius 2 is 1.71 bits per heavy atom. The van der Waals surface area contributed by atoms with Crippen LogP contribution in [0.15, 0.2) is 65.7 Å². The van der Waals surface area contributed by atoms with E-state index in [-0.39, 0.29) is 11.6 Å². The number of aryl methyl sites for hydroxylation is 1. The Kier molecular flexibility index (Phi) is 5.45. The monoisotopic (exact) mass is 411 g/mol. The second-order valence-corrected chi connectivity index (χ2v) is 8.07. The van der Waals surface area contributed by atoms with Gasteiger partial charge in [-0.2, -0.15) is 0 Å². The summed E-state index contributed by atoms with van der Waals surface area (Å²) in [5, 5.41) is 10.1. The van der Waals surface area contributed by atoms with E-state index in [4.69, 9.17) is 0 Å². The molecule has 0 fully saturated rings. The second-order valence-electron chi connectivity index (χ2n) is 6.08. The van der Waals surface area contributed by atoms with Gasteiger partial charge in [-0.25, -0.2) is 13.8 Å². The quantitative estimate of drug-likeness (QED) is 0.370. The topological polar surface area (TPSA) is 38.7 Å². The van der Waals surface area contributed by atoms with Crippen LogP contribution in [0.3, 0.4) is 0 Å². The summed E-state index contributed by atoms with van der Waals surface area (Å²) in [4.78, 5) is 5.50. The molecule has 4 rings (SSSR count). The smallest absolute Gasteiger partial charge is 0.127 e. The number of nitrogens with zero attached hydrogens (tertiary/aromatic N) is 3. The average Bonchev–Trinajstić information content (AvgIpc) is 3.10. The normalized spacial score (nSPS) is 11.0. The molecule has 7 heteroatoms. The Morgan fingerprint density at radius 1 is 0.929 bits per heavy atom. The SMILES string of the molecule is Cc1nc(-c2ccc(F)cc2)sc1-c1ccc(SCc2ccccc2F)nn1. The van der Waals surface area contributed by atoms with Crippen molar-refractivity contribution in [2.45, 2.75) is 17.7 Å². The van der Waals surface area contributed by atoms with Crippen LogP contribution < -0.4 is 0 Å². The number of rotatable bonds is 5. The minimum Gasteiger partial charge on any atom is -0.241 e. The van der Waals surface area contributed by atoms with Gasteiger partial charge in [0.05, 0.1) is 10.6 Å². The lowest BCUT2D eigenvalue weighted by atomic mass is 10.2. The van der Waals surface area contributed by atoms with Crippen LogP contribution in [-0.2, 0) is 5.75 Å². The second kappa shape index (κ2) is 8.16. The first-order valence-corrected chi connectivity index (χ1v) is 10.3. The van der Waals surface area contributed by atoms with E-state index >= 15 is 0 Å². The maximum absolute atomic E-state index is 13.7. The molecule has 0 aliphatic heterocycles. The van der Waals surface area contributed by atoms with Crippen LogP contribution in [0.1, 0.15) is 11.3 Å². The van der Waals surface area contributed by atoms with Gasteiger partial charge in [-0.05, 0) is 55.0 Å². The van der Waals surface area contributed by atoms with Gasteiger partial charge in [-0.1, -0.05) is 30.0 Å². The van der Waals surface area contributed by atoms with E-state index in [1.165, 1.54) is 41.3 Å². The van der Waals surface area contributed by atoms with Crippen molar-refractivity contribution >= 4 is 23.1 Å². The van der Waals surface area contributed by atoms with Crippen LogP contribution in [0.5, 0.6) is 0 Å². The predicted molar refractivity (Wildman–Crippen MR) is 109 cm³/mol. The number of hydrogen-bond acceptors (Lipinski definition) is 5. The molecule has 28 heavy (non-hydrogen) atoms. The van der Waals surface area contributed by atoms with Crippen molar-refractivity contribution < 1.29 is 8.78 Å². The van der Waals surface area contributed by atoms with Gasteiger partial charge in [-0.15, -0.1) is 21.5 Å². The van der Waals surface area contributed by atoms with Crippen molar-refractivity contribution in [3.63, 3.8) is 0 Å². The number of thiazole rings is 1. The van der Waals surface area contributed by atoms with Crippen LogP contribution in [0.4, 0.5) is 8.78 Å². The molecule has 4 aromatic rings. The first-order valence-electron chi connectivity index (χ1n) is 8.54. The summed E-state index contributed by atoms with van der Waals surface area (Å²) < 4.78 is 26.8. The maximum atomic E-state index is 13.7. The van der Waals surface area contributed by atoms with Gasteiger partial charge in [0.1, 0.15) is 27.4 Å². The van der Waals surface area contributed by atoms with E-state index in [0.717, 1.165) is 31.9 Å². The fourth-order valence-corrected chi connectivity index (χ4v) is 4.47. The molecular formula is C21H15F2N3S2. The number of thioether (sulfide) groups is 1. The summed E-state index contributed by atoms with van der Waals surface area (Å²) in [5.41, 5.74) is 3.09. The third-order valence-electron chi connectivity index (χ3n) is 4.09. The van der Waals surface area contributed by atoms with E-state index in [0.29, 0.717) is 11.3 Å². The van der Waals surface area contributed by atoms with Gasteiger partial charge in [0.15, 0.2) is 0 Å². The minimum atomic E-state index is -0.272. The maximum Gasteiger partial charge on any atom is 0.127 e. The molecule has 140 valence electrons. The zero-order valence-corrected chi connectivity index (χ0v) is 16.5. The van der Waals surface area contributed by atoms with Crippen molar-refractivity contribution in [2.75, 3.05) is 0 Å². The number of benzene rings is 2. The van der Waals surface area contributed by atoms with E-state index in [1.54, 1.807) is 24.3 Å². The molecule has 0 amide bonds. The summed E-state index contributed by atoms with van der Waals surface area (Å²) in [6.07, 6.45) is 0. The highest BCUT2D eigenvalue weighted by Crippen LogP contribution is 2.34. The van der Waals surface area contributed by atoms with E-state index < -0.39 is 0 Å². The molecule has 0 aliphatic carbocycles. The van der Waals surface area contributed by atoms with Gasteiger partial charge in [0.2, 0.25) is 0 Å². The molecular weight excluding hydrogens is 396 g/mol. The fraction of sp³-hybridized carbons (Fsp3) is 0.0952. The summed E-state index contributed by atoms with van der Waals surface area (Å²) in [5.74, 6) is 0.00872. The largest absolute Gasteiger partial charge is 0.241 e. The Morgan fingerprint density at radius 3 is 2.43 bits per heavy atom. The summed E-state index contributed by atoms with van der Waals surface area (Å²) >= 11 is 2.93. The zero-order valence-electron chi connectivity index (χ0n) is 14.9. The fourth-order valence-electron chi connectivity index (χ4n) is 2.64. The Balaban J connectivity index is 1.51. The molecule has 3 nitrogen and oxygen atoms in total. The molecule has 0 radical (unpaired) electrons. The Labute approximate surface area is 169 Å². The average molecular weight is 412 g/mol. The molecule has 0 spiro atoms. The van der Waals surface area contributed by atoms with Crippen molar-refractivity contribution in [1.29, 1.82) is 0 Å². The standard InChI is InChI=1S/C21H15F2N3S2/c1-13-20(28-21(24-13)14-6-8-16(22)9-7-14)18-10-11-19(26-25-18)27-12-15-4-2-3-5-17(15)23/h2-11H,12H2,1H3. The van der Waals surface area contributed by atoms with Crippen LogP contribution in [-0.4, -0.2) is 15.2 Å². The summed E-state index contributed by atoms with van der Waals surface area (Å²) in [6, 6.07) is 16.8. The third kappa shape index (κ3) is 4.10. The van der Waals surface area contributed by atoms with Gasteiger partial charge in [0.25, 0.3) is 0 Å². The van der Waals surface area contributed by atoms with Crippen LogP contribution in [0.25, 0.3) is 21.1 Å². The van der Waals surface area contributed by atoms with Crippen molar-refractivity contribution in [3.8, 4) is 21.1 Å². The highest BCUT2D eigenvalue weighted by Gasteiger charge is 2.13. The minimum absolute atomic E-state index is 0.215. The number of hydrogen-bond donors (Lipinski definition) is 0. The first kappa shape index (κ1) is 18.7. The highest BCUT2D eigenvalue weighted by molar-refractivity contribution is 7.98. The van der Waals surface area contributed by atoms with E-state index in [9.17, 15) is 8.78 Å². The van der Waals surface area contributed by atoms with Gasteiger partial charge in [-0.3, -0.25) is 0 Å². The Bertz CT molecular complexity index is 1090. The third-order valence-corrected chi connectivity index (χ3v) is 6.29. The first-order chi connectivity index (χ1) is 13.6.